The number of carbonyl (C=O) groups excluding carboxylic acids is 1. The van der Waals surface area contributed by atoms with Crippen LogP contribution in [0.2, 0.25) is 0 Å². The minimum absolute atomic E-state index is 0.0171. The Morgan fingerprint density at radius 3 is 2.12 bits per heavy atom. The quantitative estimate of drug-likeness (QED) is 0.777. The fraction of sp³-hybridized carbons (Fsp3) is 0.909. The van der Waals surface area contributed by atoms with Crippen LogP contribution in [-0.4, -0.2) is 26.5 Å². The molecule has 0 saturated carbocycles. The Kier molecular flexibility index (Phi) is 5.62. The second kappa shape index (κ2) is 5.77. The van der Waals surface area contributed by atoms with Crippen molar-refractivity contribution in [3.63, 3.8) is 0 Å². The molecule has 16 heavy (non-hydrogen) atoms. The summed E-state index contributed by atoms with van der Waals surface area (Å²) in [6, 6.07) is 0. The van der Waals surface area contributed by atoms with Crippen molar-refractivity contribution in [3.05, 3.63) is 0 Å². The lowest BCUT2D eigenvalue weighted by molar-refractivity contribution is -0.120. The van der Waals surface area contributed by atoms with E-state index in [1.165, 1.54) is 0 Å². The Morgan fingerprint density at radius 1 is 1.25 bits per heavy atom. The molecule has 0 atom stereocenters. The first-order valence-electron chi connectivity index (χ1n) is 5.53. The number of Topliss-reactive ketones (excluding diaryl/α,β-unsaturated/α-hetero) is 1. The number of ketones is 1. The molecule has 0 unspecified atom stereocenters. The summed E-state index contributed by atoms with van der Waals surface area (Å²) >= 11 is 0. The van der Waals surface area contributed by atoms with Gasteiger partial charge in [-0.2, -0.15) is 0 Å². The zero-order valence-corrected chi connectivity index (χ0v) is 11.6. The van der Waals surface area contributed by atoms with Gasteiger partial charge in [0.2, 0.25) is 10.0 Å². The number of carbonyl (C=O) groups is 1. The van der Waals surface area contributed by atoms with Gasteiger partial charge >= 0.3 is 0 Å². The summed E-state index contributed by atoms with van der Waals surface area (Å²) in [7, 11) is -3.31. The van der Waals surface area contributed by atoms with Crippen LogP contribution in [0.3, 0.4) is 0 Å². The number of hydrogen-bond acceptors (Lipinski definition) is 3. The highest BCUT2D eigenvalue weighted by Crippen LogP contribution is 2.18. The second-order valence-corrected chi connectivity index (χ2v) is 7.50. The molecule has 0 radical (unpaired) electrons. The van der Waals surface area contributed by atoms with Gasteiger partial charge in [-0.15, -0.1) is 0 Å². The van der Waals surface area contributed by atoms with Crippen LogP contribution in [0.4, 0.5) is 0 Å². The molecule has 96 valence electrons. The van der Waals surface area contributed by atoms with Crippen LogP contribution in [0, 0.1) is 11.3 Å². The largest absolute Gasteiger partial charge is 0.298 e. The molecule has 0 rings (SSSR count). The highest BCUT2D eigenvalue weighted by atomic mass is 32.2. The number of sulfonamides is 1. The molecule has 0 aromatic heterocycles. The maximum Gasteiger partial charge on any atom is 0.212 e. The Hall–Kier alpha value is -0.420. The molecule has 0 spiro atoms. The molecule has 1 N–H and O–H groups in total. The van der Waals surface area contributed by atoms with E-state index in [1.807, 2.05) is 20.8 Å². The molecule has 0 fully saturated rings. The maximum absolute atomic E-state index is 11.5. The molecule has 0 bridgehead atoms. The van der Waals surface area contributed by atoms with E-state index < -0.39 is 10.0 Å². The van der Waals surface area contributed by atoms with Crippen molar-refractivity contribution in [3.8, 4) is 0 Å². The third-order valence-corrected chi connectivity index (χ3v) is 3.56. The average Bonchev–Trinajstić information content (AvgIpc) is 2.10. The number of nitrogens with one attached hydrogen (secondary N) is 1. The lowest BCUT2D eigenvalue weighted by Gasteiger charge is -2.17. The predicted octanol–water partition coefficient (Wildman–Crippen LogP) is 1.57. The van der Waals surface area contributed by atoms with Gasteiger partial charge in [-0.05, 0) is 11.8 Å². The molecule has 0 saturated heterocycles. The van der Waals surface area contributed by atoms with Gasteiger partial charge in [0, 0.05) is 5.92 Å². The minimum atomic E-state index is -3.31. The van der Waals surface area contributed by atoms with Gasteiger partial charge in [-0.3, -0.25) is 4.79 Å². The zero-order chi connectivity index (χ0) is 13.0. The highest BCUT2D eigenvalue weighted by Gasteiger charge is 2.18. The lowest BCUT2D eigenvalue weighted by atomic mass is 9.94. The molecule has 5 heteroatoms. The molecule has 4 nitrogen and oxygen atoms in total. The number of rotatable bonds is 6. The third-order valence-electron chi connectivity index (χ3n) is 2.23. The summed E-state index contributed by atoms with van der Waals surface area (Å²) in [5.74, 6) is -0.147. The van der Waals surface area contributed by atoms with Crippen molar-refractivity contribution in [1.82, 2.24) is 4.72 Å². The smallest absolute Gasteiger partial charge is 0.212 e. The van der Waals surface area contributed by atoms with Crippen molar-refractivity contribution in [2.75, 3.05) is 12.3 Å². The van der Waals surface area contributed by atoms with Crippen LogP contribution in [-0.2, 0) is 14.8 Å². The molecular formula is C11H23NO3S. The second-order valence-electron chi connectivity index (χ2n) is 5.57. The monoisotopic (exact) mass is 249 g/mol. The first-order valence-corrected chi connectivity index (χ1v) is 7.19. The van der Waals surface area contributed by atoms with Crippen LogP contribution < -0.4 is 4.72 Å². The Balaban J connectivity index is 4.12. The minimum Gasteiger partial charge on any atom is -0.298 e. The van der Waals surface area contributed by atoms with Crippen LogP contribution >= 0.6 is 0 Å². The summed E-state index contributed by atoms with van der Waals surface area (Å²) in [5, 5.41) is 0. The summed E-state index contributed by atoms with van der Waals surface area (Å²) in [4.78, 5) is 11.3. The molecule has 0 aromatic rings. The summed E-state index contributed by atoms with van der Waals surface area (Å²) in [5.41, 5.74) is -0.0171. The van der Waals surface area contributed by atoms with Crippen molar-refractivity contribution in [2.24, 2.45) is 11.3 Å². The Morgan fingerprint density at radius 2 is 1.75 bits per heavy atom. The standard InChI is InChI=1S/C11H23NO3S/c1-9(2)10(13)8-12-16(14,15)7-6-11(3,4)5/h9,12H,6-8H2,1-5H3. The van der Waals surface area contributed by atoms with Gasteiger partial charge in [0.25, 0.3) is 0 Å². The topological polar surface area (TPSA) is 63.2 Å². The molecule has 0 aliphatic carbocycles. The van der Waals surface area contributed by atoms with Crippen LogP contribution in [0.25, 0.3) is 0 Å². The van der Waals surface area contributed by atoms with Gasteiger partial charge in [-0.1, -0.05) is 34.6 Å². The summed E-state index contributed by atoms with van der Waals surface area (Å²) in [6.45, 7) is 9.38. The van der Waals surface area contributed by atoms with E-state index in [1.54, 1.807) is 13.8 Å². The van der Waals surface area contributed by atoms with E-state index in [0.29, 0.717) is 6.42 Å². The van der Waals surface area contributed by atoms with Crippen LogP contribution in [0.5, 0.6) is 0 Å². The molecule has 0 aliphatic heterocycles. The van der Waals surface area contributed by atoms with Crippen LogP contribution in [0.1, 0.15) is 41.0 Å². The Bertz CT molecular complexity index is 326. The van der Waals surface area contributed by atoms with Gasteiger partial charge < -0.3 is 0 Å². The van der Waals surface area contributed by atoms with Gasteiger partial charge in [-0.25, -0.2) is 13.1 Å². The van der Waals surface area contributed by atoms with Crippen molar-refractivity contribution >= 4 is 15.8 Å². The molecule has 0 amide bonds. The molecule has 0 heterocycles. The zero-order valence-electron chi connectivity index (χ0n) is 10.8. The lowest BCUT2D eigenvalue weighted by Crippen LogP contribution is -2.34. The fourth-order valence-electron chi connectivity index (χ4n) is 0.898. The van der Waals surface area contributed by atoms with E-state index in [2.05, 4.69) is 4.72 Å². The van der Waals surface area contributed by atoms with Crippen molar-refractivity contribution in [1.29, 1.82) is 0 Å². The first-order chi connectivity index (χ1) is 7.03. The molecule has 0 aromatic carbocycles. The average molecular weight is 249 g/mol. The van der Waals surface area contributed by atoms with Gasteiger partial charge in [0.1, 0.15) is 5.78 Å². The summed E-state index contributed by atoms with van der Waals surface area (Å²) in [6.07, 6.45) is 0.582. The fourth-order valence-corrected chi connectivity index (χ4v) is 2.29. The maximum atomic E-state index is 11.5. The molecule has 0 aliphatic rings. The predicted molar refractivity (Wildman–Crippen MR) is 65.7 cm³/mol. The first kappa shape index (κ1) is 15.6. The SMILES string of the molecule is CC(C)C(=O)CNS(=O)(=O)CCC(C)(C)C. The van der Waals surface area contributed by atoms with E-state index in [-0.39, 0.29) is 29.4 Å². The highest BCUT2D eigenvalue weighted by molar-refractivity contribution is 7.89. The normalized spacial score (nSPS) is 13.1. The van der Waals surface area contributed by atoms with Crippen LogP contribution in [0.15, 0.2) is 0 Å². The van der Waals surface area contributed by atoms with Gasteiger partial charge in [0.15, 0.2) is 0 Å². The van der Waals surface area contributed by atoms with Gasteiger partial charge in [0.05, 0.1) is 12.3 Å². The van der Waals surface area contributed by atoms with E-state index in [0.717, 1.165) is 0 Å². The summed E-state index contributed by atoms with van der Waals surface area (Å²) < 4.78 is 25.4. The van der Waals surface area contributed by atoms with Crippen molar-refractivity contribution in [2.45, 2.75) is 41.0 Å². The number of hydrogen-bond donors (Lipinski definition) is 1. The third kappa shape index (κ3) is 7.82. The Labute approximate surface area is 98.9 Å². The van der Waals surface area contributed by atoms with E-state index >= 15 is 0 Å². The van der Waals surface area contributed by atoms with Crippen molar-refractivity contribution < 1.29 is 13.2 Å². The molecular weight excluding hydrogens is 226 g/mol. The van der Waals surface area contributed by atoms with E-state index in [4.69, 9.17) is 0 Å². The van der Waals surface area contributed by atoms with E-state index in [9.17, 15) is 13.2 Å².